The molecular formula is C14H13N3OS. The number of amides is 1. The Morgan fingerprint density at radius 2 is 2.32 bits per heavy atom. The molecule has 2 heterocycles. The van der Waals surface area contributed by atoms with Crippen LogP contribution in [-0.4, -0.2) is 15.5 Å². The molecule has 4 nitrogen and oxygen atoms in total. The predicted molar refractivity (Wildman–Crippen MR) is 76.2 cm³/mol. The molecule has 0 unspecified atom stereocenters. The van der Waals surface area contributed by atoms with Crippen LogP contribution in [0.25, 0.3) is 11.0 Å². The van der Waals surface area contributed by atoms with Gasteiger partial charge in [0.1, 0.15) is 0 Å². The van der Waals surface area contributed by atoms with E-state index in [-0.39, 0.29) is 5.91 Å². The normalized spacial score (nSPS) is 10.8. The van der Waals surface area contributed by atoms with E-state index in [0.29, 0.717) is 12.1 Å². The van der Waals surface area contributed by atoms with Crippen molar-refractivity contribution < 1.29 is 4.79 Å². The molecule has 3 rings (SSSR count). The Kier molecular flexibility index (Phi) is 3.05. The molecule has 0 aliphatic rings. The molecule has 0 saturated carbocycles. The van der Waals surface area contributed by atoms with Crippen LogP contribution in [0.4, 0.5) is 0 Å². The molecule has 0 radical (unpaired) electrons. The number of hydrogen-bond donors (Lipinski definition) is 1. The SMILES string of the molecule is Cn1cnc2cc(CNC(=O)c3ccsc3)ccc21. The Balaban J connectivity index is 1.73. The molecule has 0 fully saturated rings. The highest BCUT2D eigenvalue weighted by Crippen LogP contribution is 2.14. The van der Waals surface area contributed by atoms with Gasteiger partial charge >= 0.3 is 0 Å². The van der Waals surface area contributed by atoms with E-state index in [1.807, 2.05) is 46.6 Å². The summed E-state index contributed by atoms with van der Waals surface area (Å²) in [6.45, 7) is 0.515. The number of carbonyl (C=O) groups is 1. The van der Waals surface area contributed by atoms with Crippen LogP contribution in [0.1, 0.15) is 15.9 Å². The first-order chi connectivity index (χ1) is 9.24. The molecule has 19 heavy (non-hydrogen) atoms. The van der Waals surface area contributed by atoms with Crippen molar-refractivity contribution in [1.82, 2.24) is 14.9 Å². The van der Waals surface area contributed by atoms with Crippen molar-refractivity contribution in [3.05, 3.63) is 52.5 Å². The van der Waals surface area contributed by atoms with Gasteiger partial charge in [-0.25, -0.2) is 4.98 Å². The van der Waals surface area contributed by atoms with Crippen molar-refractivity contribution in [2.24, 2.45) is 7.05 Å². The summed E-state index contributed by atoms with van der Waals surface area (Å²) >= 11 is 1.52. The minimum Gasteiger partial charge on any atom is -0.348 e. The van der Waals surface area contributed by atoms with Crippen molar-refractivity contribution in [3.63, 3.8) is 0 Å². The predicted octanol–water partition coefficient (Wildman–Crippen LogP) is 2.56. The Bertz CT molecular complexity index is 715. The molecule has 1 aromatic carbocycles. The van der Waals surface area contributed by atoms with Crippen LogP contribution in [0.15, 0.2) is 41.4 Å². The molecular weight excluding hydrogens is 258 g/mol. The molecule has 0 atom stereocenters. The molecule has 0 saturated heterocycles. The summed E-state index contributed by atoms with van der Waals surface area (Å²) in [5.41, 5.74) is 3.80. The summed E-state index contributed by atoms with van der Waals surface area (Å²) in [4.78, 5) is 16.1. The van der Waals surface area contributed by atoms with Gasteiger partial charge in [0, 0.05) is 24.5 Å². The van der Waals surface area contributed by atoms with Crippen LogP contribution in [0.5, 0.6) is 0 Å². The number of nitrogens with one attached hydrogen (secondary N) is 1. The average molecular weight is 271 g/mol. The van der Waals surface area contributed by atoms with Gasteiger partial charge in [-0.05, 0) is 29.1 Å². The van der Waals surface area contributed by atoms with E-state index in [4.69, 9.17) is 0 Å². The van der Waals surface area contributed by atoms with Gasteiger partial charge in [0.05, 0.1) is 17.4 Å². The molecule has 5 heteroatoms. The molecule has 1 amide bonds. The molecule has 0 aliphatic heterocycles. The topological polar surface area (TPSA) is 46.9 Å². The van der Waals surface area contributed by atoms with Gasteiger partial charge in [-0.3, -0.25) is 4.79 Å². The van der Waals surface area contributed by atoms with E-state index in [0.717, 1.165) is 16.6 Å². The first-order valence-electron chi connectivity index (χ1n) is 5.94. The summed E-state index contributed by atoms with van der Waals surface area (Å²) in [7, 11) is 1.97. The Labute approximate surface area is 114 Å². The first kappa shape index (κ1) is 11.9. The lowest BCUT2D eigenvalue weighted by molar-refractivity contribution is 0.0951. The maximum atomic E-state index is 11.8. The van der Waals surface area contributed by atoms with Crippen LogP contribution in [0.2, 0.25) is 0 Å². The number of hydrogen-bond acceptors (Lipinski definition) is 3. The lowest BCUT2D eigenvalue weighted by Gasteiger charge is -2.04. The fourth-order valence-corrected chi connectivity index (χ4v) is 2.61. The van der Waals surface area contributed by atoms with Crippen LogP contribution in [0.3, 0.4) is 0 Å². The maximum absolute atomic E-state index is 11.8. The zero-order chi connectivity index (χ0) is 13.2. The van der Waals surface area contributed by atoms with Gasteiger partial charge in [-0.1, -0.05) is 6.07 Å². The van der Waals surface area contributed by atoms with Crippen molar-refractivity contribution in [1.29, 1.82) is 0 Å². The van der Waals surface area contributed by atoms with Gasteiger partial charge in [-0.2, -0.15) is 11.3 Å². The zero-order valence-electron chi connectivity index (χ0n) is 10.5. The lowest BCUT2D eigenvalue weighted by atomic mass is 10.2. The van der Waals surface area contributed by atoms with E-state index < -0.39 is 0 Å². The summed E-state index contributed by atoms with van der Waals surface area (Å²) in [5.74, 6) is -0.0395. The minimum atomic E-state index is -0.0395. The maximum Gasteiger partial charge on any atom is 0.252 e. The van der Waals surface area contributed by atoms with Gasteiger partial charge in [0.25, 0.3) is 5.91 Å². The number of carbonyl (C=O) groups excluding carboxylic acids is 1. The quantitative estimate of drug-likeness (QED) is 0.796. The fraction of sp³-hybridized carbons (Fsp3) is 0.143. The largest absolute Gasteiger partial charge is 0.348 e. The lowest BCUT2D eigenvalue weighted by Crippen LogP contribution is -2.22. The van der Waals surface area contributed by atoms with E-state index in [1.165, 1.54) is 11.3 Å². The molecule has 0 spiro atoms. The van der Waals surface area contributed by atoms with Crippen molar-refractivity contribution in [2.75, 3.05) is 0 Å². The molecule has 96 valence electrons. The van der Waals surface area contributed by atoms with Crippen LogP contribution in [0, 0.1) is 0 Å². The van der Waals surface area contributed by atoms with Crippen LogP contribution < -0.4 is 5.32 Å². The molecule has 0 aliphatic carbocycles. The van der Waals surface area contributed by atoms with E-state index in [2.05, 4.69) is 10.3 Å². The second-order valence-corrected chi connectivity index (χ2v) is 5.15. The highest BCUT2D eigenvalue weighted by molar-refractivity contribution is 7.08. The Morgan fingerprint density at radius 3 is 3.11 bits per heavy atom. The van der Waals surface area contributed by atoms with Gasteiger partial charge in [-0.15, -0.1) is 0 Å². The number of thiophene rings is 1. The highest BCUT2D eigenvalue weighted by Gasteiger charge is 2.06. The van der Waals surface area contributed by atoms with Crippen LogP contribution >= 0.6 is 11.3 Å². The number of nitrogens with zero attached hydrogens (tertiary/aromatic N) is 2. The Morgan fingerprint density at radius 1 is 1.42 bits per heavy atom. The summed E-state index contributed by atoms with van der Waals surface area (Å²) in [5, 5.41) is 6.65. The monoisotopic (exact) mass is 271 g/mol. The molecule has 2 aromatic heterocycles. The third-order valence-electron chi connectivity index (χ3n) is 3.03. The van der Waals surface area contributed by atoms with Gasteiger partial charge in [0.15, 0.2) is 0 Å². The molecule has 3 aromatic rings. The van der Waals surface area contributed by atoms with E-state index in [9.17, 15) is 4.79 Å². The minimum absolute atomic E-state index is 0.0395. The molecule has 0 bridgehead atoms. The van der Waals surface area contributed by atoms with Crippen LogP contribution in [-0.2, 0) is 13.6 Å². The summed E-state index contributed by atoms with van der Waals surface area (Å²) in [6, 6.07) is 7.86. The number of aryl methyl sites for hydroxylation is 1. The highest BCUT2D eigenvalue weighted by atomic mass is 32.1. The number of benzene rings is 1. The van der Waals surface area contributed by atoms with Gasteiger partial charge < -0.3 is 9.88 Å². The fourth-order valence-electron chi connectivity index (χ4n) is 1.97. The smallest absolute Gasteiger partial charge is 0.252 e. The van der Waals surface area contributed by atoms with E-state index in [1.54, 1.807) is 6.33 Å². The number of aromatic nitrogens is 2. The average Bonchev–Trinajstić information content (AvgIpc) is 3.06. The van der Waals surface area contributed by atoms with Crippen molar-refractivity contribution in [2.45, 2.75) is 6.54 Å². The first-order valence-corrected chi connectivity index (χ1v) is 6.88. The number of fused-ring (bicyclic) bond motifs is 1. The van der Waals surface area contributed by atoms with E-state index >= 15 is 0 Å². The second kappa shape index (κ2) is 4.85. The summed E-state index contributed by atoms with van der Waals surface area (Å²) in [6.07, 6.45) is 1.79. The third kappa shape index (κ3) is 2.37. The summed E-state index contributed by atoms with van der Waals surface area (Å²) < 4.78 is 1.98. The Hall–Kier alpha value is -2.14. The standard InChI is InChI=1S/C14H13N3OS/c1-17-9-16-12-6-10(2-3-13(12)17)7-15-14(18)11-4-5-19-8-11/h2-6,8-9H,7H2,1H3,(H,15,18). The van der Waals surface area contributed by atoms with Crippen molar-refractivity contribution >= 4 is 28.3 Å². The zero-order valence-corrected chi connectivity index (χ0v) is 11.3. The third-order valence-corrected chi connectivity index (χ3v) is 3.71. The van der Waals surface area contributed by atoms with Gasteiger partial charge in [0.2, 0.25) is 0 Å². The van der Waals surface area contributed by atoms with Crippen molar-refractivity contribution in [3.8, 4) is 0 Å². The number of imidazole rings is 1. The second-order valence-electron chi connectivity index (χ2n) is 4.37. The molecule has 1 N–H and O–H groups in total. The number of rotatable bonds is 3.